The number of piperazine rings is 1. The second kappa shape index (κ2) is 7.99. The number of benzene rings is 2. The van der Waals surface area contributed by atoms with Gasteiger partial charge >= 0.3 is 0 Å². The second-order valence-corrected chi connectivity index (χ2v) is 6.40. The van der Waals surface area contributed by atoms with Crippen molar-refractivity contribution in [3.8, 4) is 0 Å². The molecule has 1 aliphatic rings. The van der Waals surface area contributed by atoms with E-state index >= 15 is 0 Å². The number of hydrogen-bond donors (Lipinski definition) is 1. The Balaban J connectivity index is 1.56. The molecule has 0 bridgehead atoms. The van der Waals surface area contributed by atoms with E-state index in [9.17, 15) is 14.0 Å². The van der Waals surface area contributed by atoms with Gasteiger partial charge in [0.25, 0.3) is 0 Å². The fourth-order valence-corrected chi connectivity index (χ4v) is 3.09. The zero-order valence-corrected chi connectivity index (χ0v) is 14.7. The minimum absolute atomic E-state index is 0.0586. The molecular weight excluding hydrogens is 333 g/mol. The summed E-state index contributed by atoms with van der Waals surface area (Å²) in [6, 6.07) is 13.8. The Hall–Kier alpha value is -2.89. The van der Waals surface area contributed by atoms with Crippen LogP contribution >= 0.6 is 0 Å². The Morgan fingerprint density at radius 3 is 2.38 bits per heavy atom. The molecule has 0 spiro atoms. The van der Waals surface area contributed by atoms with Crippen molar-refractivity contribution in [2.75, 3.05) is 36.4 Å². The molecule has 3 rings (SSSR count). The highest BCUT2D eigenvalue weighted by Gasteiger charge is 2.21. The van der Waals surface area contributed by atoms with Crippen molar-refractivity contribution < 1.29 is 14.0 Å². The fourth-order valence-electron chi connectivity index (χ4n) is 3.09. The van der Waals surface area contributed by atoms with Crippen LogP contribution in [0, 0.1) is 5.82 Å². The van der Waals surface area contributed by atoms with Crippen LogP contribution in [0.5, 0.6) is 0 Å². The van der Waals surface area contributed by atoms with Gasteiger partial charge in [0, 0.05) is 44.5 Å². The van der Waals surface area contributed by atoms with Gasteiger partial charge in [-0.1, -0.05) is 18.2 Å². The van der Waals surface area contributed by atoms with Gasteiger partial charge in [0.1, 0.15) is 5.82 Å². The molecule has 0 unspecified atom stereocenters. The topological polar surface area (TPSA) is 52.7 Å². The molecule has 1 heterocycles. The maximum Gasteiger partial charge on any atom is 0.227 e. The Labute approximate surface area is 152 Å². The molecule has 0 radical (unpaired) electrons. The first kappa shape index (κ1) is 17.9. The van der Waals surface area contributed by atoms with Crippen molar-refractivity contribution in [3.05, 3.63) is 59.9 Å². The van der Waals surface area contributed by atoms with Crippen LogP contribution in [0.3, 0.4) is 0 Å². The third-order valence-electron chi connectivity index (χ3n) is 4.43. The fraction of sp³-hybridized carbons (Fsp3) is 0.300. The first-order valence-electron chi connectivity index (χ1n) is 8.66. The smallest absolute Gasteiger partial charge is 0.227 e. The molecule has 1 fully saturated rings. The predicted octanol–water partition coefficient (Wildman–Crippen LogP) is 2.68. The van der Waals surface area contributed by atoms with Crippen LogP contribution in [0.2, 0.25) is 0 Å². The highest BCUT2D eigenvalue weighted by molar-refractivity contribution is 5.89. The molecule has 1 saturated heterocycles. The Morgan fingerprint density at radius 2 is 1.73 bits per heavy atom. The zero-order valence-electron chi connectivity index (χ0n) is 14.7. The summed E-state index contributed by atoms with van der Waals surface area (Å²) < 4.78 is 13.0. The first-order valence-corrected chi connectivity index (χ1v) is 8.66. The molecule has 2 aromatic rings. The van der Waals surface area contributed by atoms with Crippen LogP contribution in [0.25, 0.3) is 0 Å². The molecule has 0 atom stereocenters. The summed E-state index contributed by atoms with van der Waals surface area (Å²) in [5, 5.41) is 2.79. The number of nitrogens with one attached hydrogen (secondary N) is 1. The zero-order chi connectivity index (χ0) is 18.5. The molecule has 6 heteroatoms. The molecule has 0 saturated carbocycles. The first-order chi connectivity index (χ1) is 12.5. The number of amides is 2. The van der Waals surface area contributed by atoms with Crippen molar-refractivity contribution in [3.63, 3.8) is 0 Å². The molecule has 0 aliphatic carbocycles. The van der Waals surface area contributed by atoms with Gasteiger partial charge in [-0.05, 0) is 35.9 Å². The number of halogens is 1. The van der Waals surface area contributed by atoms with E-state index in [2.05, 4.69) is 10.2 Å². The number of nitrogens with zero attached hydrogens (tertiary/aromatic N) is 2. The van der Waals surface area contributed by atoms with Gasteiger partial charge in [-0.25, -0.2) is 4.39 Å². The van der Waals surface area contributed by atoms with E-state index in [4.69, 9.17) is 0 Å². The van der Waals surface area contributed by atoms with Gasteiger partial charge < -0.3 is 15.1 Å². The van der Waals surface area contributed by atoms with E-state index in [1.807, 2.05) is 29.2 Å². The average molecular weight is 355 g/mol. The van der Waals surface area contributed by atoms with Crippen molar-refractivity contribution in [1.29, 1.82) is 0 Å². The molecule has 2 aromatic carbocycles. The molecule has 5 nitrogen and oxygen atoms in total. The van der Waals surface area contributed by atoms with Crippen LogP contribution in [0.1, 0.15) is 12.5 Å². The Morgan fingerprint density at radius 1 is 1.04 bits per heavy atom. The summed E-state index contributed by atoms with van der Waals surface area (Å²) in [6.45, 7) is 4.24. The van der Waals surface area contributed by atoms with Crippen molar-refractivity contribution >= 4 is 23.2 Å². The van der Waals surface area contributed by atoms with E-state index in [0.29, 0.717) is 13.1 Å². The predicted molar refractivity (Wildman–Crippen MR) is 99.6 cm³/mol. The second-order valence-electron chi connectivity index (χ2n) is 6.40. The molecule has 0 aromatic heterocycles. The SMILES string of the molecule is CC(=O)Nc1cccc(N2CCN(C(=O)Cc3ccc(F)cc3)CC2)c1. The van der Waals surface area contributed by atoms with Gasteiger partial charge in [-0.2, -0.15) is 0 Å². The van der Waals surface area contributed by atoms with Crippen molar-refractivity contribution in [2.24, 2.45) is 0 Å². The van der Waals surface area contributed by atoms with Gasteiger partial charge in [0.15, 0.2) is 0 Å². The van der Waals surface area contributed by atoms with Crippen LogP contribution < -0.4 is 10.2 Å². The Kier molecular flexibility index (Phi) is 5.51. The maximum atomic E-state index is 13.0. The lowest BCUT2D eigenvalue weighted by Crippen LogP contribution is -2.49. The number of carbonyl (C=O) groups excluding carboxylic acids is 2. The monoisotopic (exact) mass is 355 g/mol. The van der Waals surface area contributed by atoms with Crippen LogP contribution in [0.4, 0.5) is 15.8 Å². The number of anilines is 2. The van der Waals surface area contributed by atoms with Gasteiger partial charge in [-0.15, -0.1) is 0 Å². The minimum atomic E-state index is -0.295. The quantitative estimate of drug-likeness (QED) is 0.917. The van der Waals surface area contributed by atoms with Crippen molar-refractivity contribution in [1.82, 2.24) is 4.90 Å². The summed E-state index contributed by atoms with van der Waals surface area (Å²) >= 11 is 0. The standard InChI is InChI=1S/C20H22FN3O2/c1-15(25)22-18-3-2-4-19(14-18)23-9-11-24(12-10-23)20(26)13-16-5-7-17(21)8-6-16/h2-8,14H,9-13H2,1H3,(H,22,25). The summed E-state index contributed by atoms with van der Waals surface area (Å²) in [7, 11) is 0. The highest BCUT2D eigenvalue weighted by atomic mass is 19.1. The maximum absolute atomic E-state index is 13.0. The van der Waals surface area contributed by atoms with E-state index in [1.165, 1.54) is 19.1 Å². The molecule has 26 heavy (non-hydrogen) atoms. The van der Waals surface area contributed by atoms with Gasteiger partial charge in [0.05, 0.1) is 6.42 Å². The van der Waals surface area contributed by atoms with E-state index < -0.39 is 0 Å². The lowest BCUT2D eigenvalue weighted by atomic mass is 10.1. The summed E-state index contributed by atoms with van der Waals surface area (Å²) in [6.07, 6.45) is 0.290. The minimum Gasteiger partial charge on any atom is -0.368 e. The third kappa shape index (κ3) is 4.59. The van der Waals surface area contributed by atoms with E-state index in [1.54, 1.807) is 12.1 Å². The highest BCUT2D eigenvalue weighted by Crippen LogP contribution is 2.21. The summed E-state index contributed by atoms with van der Waals surface area (Å²) in [5.74, 6) is -0.335. The van der Waals surface area contributed by atoms with E-state index in [-0.39, 0.29) is 24.1 Å². The van der Waals surface area contributed by atoms with Crippen LogP contribution in [0.15, 0.2) is 48.5 Å². The third-order valence-corrected chi connectivity index (χ3v) is 4.43. The number of hydrogen-bond acceptors (Lipinski definition) is 3. The van der Waals surface area contributed by atoms with Gasteiger partial charge in [0.2, 0.25) is 11.8 Å². The average Bonchev–Trinajstić information content (AvgIpc) is 2.63. The number of carbonyl (C=O) groups is 2. The van der Waals surface area contributed by atoms with Crippen LogP contribution in [-0.2, 0) is 16.0 Å². The number of rotatable bonds is 4. The summed E-state index contributed by atoms with van der Waals surface area (Å²) in [5.41, 5.74) is 2.62. The summed E-state index contributed by atoms with van der Waals surface area (Å²) in [4.78, 5) is 27.7. The molecule has 136 valence electrons. The molecule has 2 amide bonds. The lowest BCUT2D eigenvalue weighted by Gasteiger charge is -2.36. The van der Waals surface area contributed by atoms with Crippen molar-refractivity contribution in [2.45, 2.75) is 13.3 Å². The van der Waals surface area contributed by atoms with Crippen LogP contribution in [-0.4, -0.2) is 42.9 Å². The lowest BCUT2D eigenvalue weighted by molar-refractivity contribution is -0.130. The Bertz CT molecular complexity index is 784. The molecule has 1 aliphatic heterocycles. The molecular formula is C20H22FN3O2. The normalized spacial score (nSPS) is 14.2. The molecule has 1 N–H and O–H groups in total. The largest absolute Gasteiger partial charge is 0.368 e. The van der Waals surface area contributed by atoms with E-state index in [0.717, 1.165) is 30.0 Å². The van der Waals surface area contributed by atoms with Gasteiger partial charge in [-0.3, -0.25) is 9.59 Å².